The van der Waals surface area contributed by atoms with Gasteiger partial charge in [0.1, 0.15) is 0 Å². The maximum Gasteiger partial charge on any atom is 0.0492 e. The van der Waals surface area contributed by atoms with Gasteiger partial charge in [0.15, 0.2) is 0 Å². The minimum absolute atomic E-state index is 0.614. The third-order valence-corrected chi connectivity index (χ3v) is 2.35. The fourth-order valence-corrected chi connectivity index (χ4v) is 1.69. The third-order valence-electron chi connectivity index (χ3n) is 1.35. The molecule has 0 aromatic heterocycles. The Bertz CT molecular complexity index is 292. The molecule has 3 nitrogen and oxygen atoms in total. The zero-order valence-electron chi connectivity index (χ0n) is 6.12. The average Bonchev–Trinajstić information content (AvgIpc) is 2.04. The van der Waals surface area contributed by atoms with E-state index in [1.807, 2.05) is 12.1 Å². The van der Waals surface area contributed by atoms with Gasteiger partial charge in [-0.3, -0.25) is 4.21 Å². The first-order valence-corrected chi connectivity index (χ1v) is 5.43. The molecule has 0 spiro atoms. The van der Waals surface area contributed by atoms with Gasteiger partial charge in [0, 0.05) is 22.3 Å². The summed E-state index contributed by atoms with van der Waals surface area (Å²) in [6.07, 6.45) is 0. The summed E-state index contributed by atoms with van der Waals surface area (Å²) in [5.74, 6) is 0. The molecule has 0 saturated heterocycles. The van der Waals surface area contributed by atoms with Crippen molar-refractivity contribution in [2.75, 3.05) is 4.72 Å². The smallest absolute Gasteiger partial charge is 0.0492 e. The summed E-state index contributed by atoms with van der Waals surface area (Å²) in [5, 5.41) is 0.632. The van der Waals surface area contributed by atoms with Crippen molar-refractivity contribution in [1.82, 2.24) is 0 Å². The number of nitrogens with one attached hydrogen (secondary N) is 1. The van der Waals surface area contributed by atoms with Crippen LogP contribution < -0.4 is 4.72 Å². The van der Waals surface area contributed by atoms with Crippen LogP contribution in [-0.4, -0.2) is 8.76 Å². The highest BCUT2D eigenvalue weighted by molar-refractivity contribution is 9.08. The van der Waals surface area contributed by atoms with Gasteiger partial charge < -0.3 is 9.27 Å². The Morgan fingerprint density at radius 1 is 1.50 bits per heavy atom. The molecule has 0 aliphatic rings. The zero-order valence-corrected chi connectivity index (χ0v) is 8.52. The lowest BCUT2D eigenvalue weighted by atomic mass is 10.2. The summed E-state index contributed by atoms with van der Waals surface area (Å²) < 4.78 is 22.9. The SMILES string of the molecule is O=S([O-])Nc1ccccc1CBr. The van der Waals surface area contributed by atoms with Crippen LogP contribution in [0.2, 0.25) is 0 Å². The van der Waals surface area contributed by atoms with Crippen molar-refractivity contribution in [1.29, 1.82) is 0 Å². The number of para-hydroxylation sites is 1. The fourth-order valence-electron chi connectivity index (χ4n) is 0.826. The Hall–Kier alpha value is -0.390. The van der Waals surface area contributed by atoms with E-state index >= 15 is 0 Å². The number of anilines is 1. The first-order chi connectivity index (χ1) is 5.74. The molecule has 1 atom stereocenters. The molecule has 5 heteroatoms. The molecule has 0 bridgehead atoms. The first-order valence-electron chi connectivity index (χ1n) is 3.24. The van der Waals surface area contributed by atoms with Gasteiger partial charge in [0.25, 0.3) is 0 Å². The van der Waals surface area contributed by atoms with Gasteiger partial charge in [-0.1, -0.05) is 34.1 Å². The quantitative estimate of drug-likeness (QED) is 0.655. The Kier molecular flexibility index (Phi) is 3.71. The largest absolute Gasteiger partial charge is 0.755 e. The zero-order chi connectivity index (χ0) is 8.97. The van der Waals surface area contributed by atoms with Crippen molar-refractivity contribution in [3.05, 3.63) is 29.8 Å². The number of hydrogen-bond donors (Lipinski definition) is 1. The van der Waals surface area contributed by atoms with E-state index in [0.717, 1.165) is 5.56 Å². The van der Waals surface area contributed by atoms with E-state index in [1.54, 1.807) is 12.1 Å². The Balaban J connectivity index is 2.89. The molecule has 0 heterocycles. The Morgan fingerprint density at radius 3 is 2.75 bits per heavy atom. The summed E-state index contributed by atoms with van der Waals surface area (Å²) in [4.78, 5) is 0. The number of hydrogen-bond acceptors (Lipinski definition) is 2. The molecule has 0 aliphatic heterocycles. The van der Waals surface area contributed by atoms with Crippen LogP contribution in [0.15, 0.2) is 24.3 Å². The Morgan fingerprint density at radius 2 is 2.17 bits per heavy atom. The minimum atomic E-state index is -2.25. The molecule has 1 N–H and O–H groups in total. The van der Waals surface area contributed by atoms with Gasteiger partial charge in [-0.2, -0.15) is 0 Å². The summed E-state index contributed by atoms with van der Waals surface area (Å²) in [6, 6.07) is 7.20. The van der Waals surface area contributed by atoms with E-state index in [2.05, 4.69) is 20.7 Å². The van der Waals surface area contributed by atoms with Gasteiger partial charge in [0.2, 0.25) is 0 Å². The van der Waals surface area contributed by atoms with Crippen molar-refractivity contribution >= 4 is 32.9 Å². The van der Waals surface area contributed by atoms with Crippen LogP contribution in [0.25, 0.3) is 0 Å². The average molecular weight is 249 g/mol. The van der Waals surface area contributed by atoms with Crippen LogP contribution in [0, 0.1) is 0 Å². The molecule has 66 valence electrons. The predicted octanol–water partition coefficient (Wildman–Crippen LogP) is 1.79. The third kappa shape index (κ3) is 2.58. The number of benzene rings is 1. The van der Waals surface area contributed by atoms with E-state index in [1.165, 1.54) is 0 Å². The van der Waals surface area contributed by atoms with Gasteiger partial charge in [0.05, 0.1) is 0 Å². The number of rotatable bonds is 3. The molecule has 1 rings (SSSR count). The molecular weight excluding hydrogens is 242 g/mol. The van der Waals surface area contributed by atoms with Crippen molar-refractivity contribution in [2.24, 2.45) is 0 Å². The monoisotopic (exact) mass is 248 g/mol. The molecule has 0 aliphatic carbocycles. The molecule has 0 amide bonds. The van der Waals surface area contributed by atoms with Gasteiger partial charge in [-0.05, 0) is 11.6 Å². The maximum absolute atomic E-state index is 10.3. The van der Waals surface area contributed by atoms with E-state index in [9.17, 15) is 8.76 Å². The van der Waals surface area contributed by atoms with Crippen molar-refractivity contribution < 1.29 is 8.76 Å². The summed E-state index contributed by atoms with van der Waals surface area (Å²) in [5.41, 5.74) is 1.53. The second kappa shape index (κ2) is 4.59. The number of alkyl halides is 1. The summed E-state index contributed by atoms with van der Waals surface area (Å²) in [7, 11) is 0. The second-order valence-electron chi connectivity index (χ2n) is 2.13. The van der Waals surface area contributed by atoms with Crippen LogP contribution in [-0.2, 0) is 16.6 Å². The molecule has 12 heavy (non-hydrogen) atoms. The highest BCUT2D eigenvalue weighted by Crippen LogP contribution is 2.17. The van der Waals surface area contributed by atoms with Crippen LogP contribution in [0.4, 0.5) is 5.69 Å². The van der Waals surface area contributed by atoms with Crippen LogP contribution in [0.3, 0.4) is 0 Å². The van der Waals surface area contributed by atoms with E-state index in [-0.39, 0.29) is 0 Å². The van der Waals surface area contributed by atoms with Gasteiger partial charge in [-0.15, -0.1) is 0 Å². The predicted molar refractivity (Wildman–Crippen MR) is 51.6 cm³/mol. The molecule has 0 fully saturated rings. The minimum Gasteiger partial charge on any atom is -0.755 e. The molecule has 1 aromatic rings. The standard InChI is InChI=1S/C7H8BrNO2S/c8-5-6-3-1-2-4-7(6)9-12(10)11/h1-4,9H,5H2,(H,10,11)/p-1. The highest BCUT2D eigenvalue weighted by Gasteiger charge is 1.97. The molecule has 1 unspecified atom stereocenters. The maximum atomic E-state index is 10.3. The second-order valence-corrected chi connectivity index (χ2v) is 3.36. The van der Waals surface area contributed by atoms with Crippen LogP contribution in [0.1, 0.15) is 5.56 Å². The van der Waals surface area contributed by atoms with Crippen LogP contribution >= 0.6 is 15.9 Å². The van der Waals surface area contributed by atoms with Crippen molar-refractivity contribution in [3.63, 3.8) is 0 Å². The molecule has 0 saturated carbocycles. The number of halogens is 1. The molecule has 1 aromatic carbocycles. The topological polar surface area (TPSA) is 52.2 Å². The van der Waals surface area contributed by atoms with E-state index in [4.69, 9.17) is 0 Å². The van der Waals surface area contributed by atoms with E-state index in [0.29, 0.717) is 11.0 Å². The summed E-state index contributed by atoms with van der Waals surface area (Å²) >= 11 is 1.01. The van der Waals surface area contributed by atoms with Crippen molar-refractivity contribution in [3.8, 4) is 0 Å². The van der Waals surface area contributed by atoms with Crippen LogP contribution in [0.5, 0.6) is 0 Å². The molecular formula is C7H7BrNO2S-. The normalized spacial score (nSPS) is 12.5. The lowest BCUT2D eigenvalue weighted by molar-refractivity contribution is 0.542. The summed E-state index contributed by atoms with van der Waals surface area (Å²) in [6.45, 7) is 0. The van der Waals surface area contributed by atoms with E-state index < -0.39 is 11.3 Å². The highest BCUT2D eigenvalue weighted by atomic mass is 79.9. The van der Waals surface area contributed by atoms with Gasteiger partial charge in [-0.25, -0.2) is 0 Å². The first kappa shape index (κ1) is 9.70. The lowest BCUT2D eigenvalue weighted by Gasteiger charge is -2.11. The van der Waals surface area contributed by atoms with Crippen molar-refractivity contribution in [2.45, 2.75) is 5.33 Å². The lowest BCUT2D eigenvalue weighted by Crippen LogP contribution is -2.03. The Labute approximate surface area is 81.7 Å². The molecule has 0 radical (unpaired) electrons. The fraction of sp³-hybridized carbons (Fsp3) is 0.143. The van der Waals surface area contributed by atoms with Gasteiger partial charge >= 0.3 is 0 Å².